The molecule has 0 saturated carbocycles. The number of hydrogen-bond acceptors (Lipinski definition) is 1. The Labute approximate surface area is 120 Å². The molecule has 0 heterocycles. The van der Waals surface area contributed by atoms with Gasteiger partial charge in [-0.05, 0) is 37.1 Å². The van der Waals surface area contributed by atoms with Crippen molar-refractivity contribution in [3.05, 3.63) is 77.4 Å². The maximum absolute atomic E-state index is 12.0. The number of nitrogens with one attached hydrogen (secondary N) is 1. The predicted octanol–water partition coefficient (Wildman–Crippen LogP) is 3.83. The van der Waals surface area contributed by atoms with Crippen LogP contribution in [0.15, 0.2) is 60.7 Å². The predicted molar refractivity (Wildman–Crippen MR) is 83.6 cm³/mol. The second kappa shape index (κ2) is 6.71. The van der Waals surface area contributed by atoms with E-state index in [1.807, 2.05) is 61.5 Å². The zero-order valence-electron chi connectivity index (χ0n) is 11.8. The van der Waals surface area contributed by atoms with E-state index >= 15 is 0 Å². The fourth-order valence-electron chi connectivity index (χ4n) is 1.95. The summed E-state index contributed by atoms with van der Waals surface area (Å²) in [6.07, 6.45) is 4.05. The molecule has 0 bridgehead atoms. The Bertz CT molecular complexity index is 602. The van der Waals surface area contributed by atoms with Crippen molar-refractivity contribution in [2.75, 3.05) is 0 Å². The summed E-state index contributed by atoms with van der Waals surface area (Å²) in [5, 5.41) is 2.96. The van der Waals surface area contributed by atoms with Gasteiger partial charge in [-0.2, -0.15) is 0 Å². The molecule has 0 spiro atoms. The first kappa shape index (κ1) is 14.1. The van der Waals surface area contributed by atoms with E-state index in [9.17, 15) is 4.79 Å². The lowest BCUT2D eigenvalue weighted by Gasteiger charge is -2.10. The van der Waals surface area contributed by atoms with E-state index in [0.717, 1.165) is 0 Å². The second-order valence-electron chi connectivity index (χ2n) is 4.84. The lowest BCUT2D eigenvalue weighted by molar-refractivity contribution is 0.0947. The molecule has 20 heavy (non-hydrogen) atoms. The van der Waals surface area contributed by atoms with Gasteiger partial charge >= 0.3 is 0 Å². The third-order valence-electron chi connectivity index (χ3n) is 3.15. The minimum atomic E-state index is -0.0486. The zero-order chi connectivity index (χ0) is 14.4. The quantitative estimate of drug-likeness (QED) is 0.894. The van der Waals surface area contributed by atoms with Crippen LogP contribution in [0.3, 0.4) is 0 Å². The van der Waals surface area contributed by atoms with Crippen LogP contribution in [0.4, 0.5) is 0 Å². The first-order valence-electron chi connectivity index (χ1n) is 6.76. The Kier molecular flexibility index (Phi) is 4.72. The molecule has 0 radical (unpaired) electrons. The SMILES string of the molecule is Cc1ccccc1/C=C/[C@@H](C)NC(=O)c1ccccc1. The normalized spacial score (nSPS) is 12.3. The summed E-state index contributed by atoms with van der Waals surface area (Å²) < 4.78 is 0. The topological polar surface area (TPSA) is 29.1 Å². The first-order chi connectivity index (χ1) is 9.66. The van der Waals surface area contributed by atoms with E-state index in [1.165, 1.54) is 11.1 Å². The van der Waals surface area contributed by atoms with Crippen LogP contribution in [0.5, 0.6) is 0 Å². The Hall–Kier alpha value is -2.35. The number of aryl methyl sites for hydroxylation is 1. The lowest BCUT2D eigenvalue weighted by Crippen LogP contribution is -2.30. The van der Waals surface area contributed by atoms with Crippen LogP contribution >= 0.6 is 0 Å². The van der Waals surface area contributed by atoms with E-state index < -0.39 is 0 Å². The molecule has 102 valence electrons. The van der Waals surface area contributed by atoms with Crippen LogP contribution in [-0.4, -0.2) is 11.9 Å². The van der Waals surface area contributed by atoms with Crippen molar-refractivity contribution in [2.45, 2.75) is 19.9 Å². The minimum Gasteiger partial charge on any atom is -0.346 e. The smallest absolute Gasteiger partial charge is 0.251 e. The Morgan fingerprint density at radius 3 is 2.40 bits per heavy atom. The van der Waals surface area contributed by atoms with Crippen LogP contribution in [0.1, 0.15) is 28.4 Å². The highest BCUT2D eigenvalue weighted by atomic mass is 16.1. The summed E-state index contributed by atoms with van der Waals surface area (Å²) in [6, 6.07) is 17.4. The highest BCUT2D eigenvalue weighted by molar-refractivity contribution is 5.94. The van der Waals surface area contributed by atoms with Crippen LogP contribution in [-0.2, 0) is 0 Å². The summed E-state index contributed by atoms with van der Waals surface area (Å²) in [5.41, 5.74) is 3.09. The highest BCUT2D eigenvalue weighted by Crippen LogP contribution is 2.09. The summed E-state index contributed by atoms with van der Waals surface area (Å²) in [4.78, 5) is 12.0. The van der Waals surface area contributed by atoms with Crippen molar-refractivity contribution < 1.29 is 4.79 Å². The molecule has 0 unspecified atom stereocenters. The second-order valence-corrected chi connectivity index (χ2v) is 4.84. The van der Waals surface area contributed by atoms with Crippen LogP contribution < -0.4 is 5.32 Å². The third-order valence-corrected chi connectivity index (χ3v) is 3.15. The number of carbonyl (C=O) groups is 1. The Morgan fingerprint density at radius 2 is 1.70 bits per heavy atom. The molecule has 2 nitrogen and oxygen atoms in total. The number of rotatable bonds is 4. The Balaban J connectivity index is 1.98. The van der Waals surface area contributed by atoms with E-state index in [-0.39, 0.29) is 11.9 Å². The highest BCUT2D eigenvalue weighted by Gasteiger charge is 2.06. The molecule has 0 fully saturated rings. The van der Waals surface area contributed by atoms with Crippen molar-refractivity contribution in [2.24, 2.45) is 0 Å². The molecule has 0 aromatic heterocycles. The van der Waals surface area contributed by atoms with Gasteiger partial charge in [0.2, 0.25) is 0 Å². The number of amides is 1. The fraction of sp³-hybridized carbons (Fsp3) is 0.167. The van der Waals surface area contributed by atoms with Crippen molar-refractivity contribution in [1.82, 2.24) is 5.32 Å². The molecule has 1 amide bonds. The monoisotopic (exact) mass is 265 g/mol. The molecule has 2 rings (SSSR count). The molecule has 0 saturated heterocycles. The number of carbonyl (C=O) groups excluding carboxylic acids is 1. The molecule has 2 aromatic carbocycles. The largest absolute Gasteiger partial charge is 0.346 e. The van der Waals surface area contributed by atoms with Crippen molar-refractivity contribution in [1.29, 1.82) is 0 Å². The van der Waals surface area contributed by atoms with Gasteiger partial charge in [-0.25, -0.2) is 0 Å². The summed E-state index contributed by atoms with van der Waals surface area (Å²) in [5.74, 6) is -0.0486. The van der Waals surface area contributed by atoms with E-state index in [0.29, 0.717) is 5.56 Å². The molecule has 0 aliphatic rings. The van der Waals surface area contributed by atoms with Gasteiger partial charge in [0.15, 0.2) is 0 Å². The average molecular weight is 265 g/mol. The molecule has 2 heteroatoms. The van der Waals surface area contributed by atoms with Crippen LogP contribution in [0, 0.1) is 6.92 Å². The van der Waals surface area contributed by atoms with Crippen molar-refractivity contribution in [3.8, 4) is 0 Å². The van der Waals surface area contributed by atoms with Crippen molar-refractivity contribution in [3.63, 3.8) is 0 Å². The first-order valence-corrected chi connectivity index (χ1v) is 6.76. The van der Waals surface area contributed by atoms with Gasteiger partial charge in [0.1, 0.15) is 0 Å². The van der Waals surface area contributed by atoms with Gasteiger partial charge in [0.05, 0.1) is 0 Å². The van der Waals surface area contributed by atoms with Crippen molar-refractivity contribution >= 4 is 12.0 Å². The van der Waals surface area contributed by atoms with E-state index in [2.05, 4.69) is 24.4 Å². The van der Waals surface area contributed by atoms with Gasteiger partial charge in [0.25, 0.3) is 5.91 Å². The zero-order valence-corrected chi connectivity index (χ0v) is 11.8. The van der Waals surface area contributed by atoms with E-state index in [1.54, 1.807) is 0 Å². The third kappa shape index (κ3) is 3.82. The molecular weight excluding hydrogens is 246 g/mol. The standard InChI is InChI=1S/C18H19NO/c1-14-8-6-7-9-16(14)13-12-15(2)19-18(20)17-10-4-3-5-11-17/h3-13,15H,1-2H3,(H,19,20)/b13-12+/t15-/m1/s1. The van der Waals surface area contributed by atoms with Gasteiger partial charge in [-0.15, -0.1) is 0 Å². The minimum absolute atomic E-state index is 0.0117. The molecule has 0 aliphatic carbocycles. The molecule has 1 atom stereocenters. The molecule has 1 N–H and O–H groups in total. The molecular formula is C18H19NO. The van der Waals surface area contributed by atoms with Gasteiger partial charge in [-0.1, -0.05) is 54.6 Å². The van der Waals surface area contributed by atoms with Gasteiger partial charge in [0, 0.05) is 11.6 Å². The Morgan fingerprint density at radius 1 is 1.05 bits per heavy atom. The molecule has 0 aliphatic heterocycles. The summed E-state index contributed by atoms with van der Waals surface area (Å²) in [7, 11) is 0. The summed E-state index contributed by atoms with van der Waals surface area (Å²) in [6.45, 7) is 4.04. The van der Waals surface area contributed by atoms with E-state index in [4.69, 9.17) is 0 Å². The fourth-order valence-corrected chi connectivity index (χ4v) is 1.95. The maximum atomic E-state index is 12.0. The van der Waals surface area contributed by atoms with Gasteiger partial charge < -0.3 is 5.32 Å². The van der Waals surface area contributed by atoms with Crippen LogP contribution in [0.2, 0.25) is 0 Å². The maximum Gasteiger partial charge on any atom is 0.251 e. The van der Waals surface area contributed by atoms with Gasteiger partial charge in [-0.3, -0.25) is 4.79 Å². The number of benzene rings is 2. The summed E-state index contributed by atoms with van der Waals surface area (Å²) >= 11 is 0. The lowest BCUT2D eigenvalue weighted by atomic mass is 10.1. The van der Waals surface area contributed by atoms with Crippen LogP contribution in [0.25, 0.3) is 6.08 Å². The average Bonchev–Trinajstić information content (AvgIpc) is 2.47. The number of hydrogen-bond donors (Lipinski definition) is 1. The molecule has 2 aromatic rings.